The molecule has 0 heterocycles. The number of benzene rings is 2. The average molecular weight is 324 g/mol. The fourth-order valence-electron chi connectivity index (χ4n) is 3.00. The Bertz CT molecular complexity index is 713. The fraction of sp³-hybridized carbons (Fsp3) is 0.381. The van der Waals surface area contributed by atoms with Gasteiger partial charge in [0.2, 0.25) is 5.91 Å². The molecule has 0 spiro atoms. The molecule has 0 aliphatic carbocycles. The van der Waals surface area contributed by atoms with E-state index in [2.05, 4.69) is 48.3 Å². The molecule has 0 aliphatic heterocycles. The standard InChI is InChI=1S/C21H28N2O/c1-14-11-16(3)20(17(4)12-14)22-21(24)18(5)23(6)13-19-10-8-7-9-15(19)2/h7-12,18H,13H2,1-6H3,(H,22,24). The molecule has 3 nitrogen and oxygen atoms in total. The van der Waals surface area contributed by atoms with Gasteiger partial charge >= 0.3 is 0 Å². The lowest BCUT2D eigenvalue weighted by atomic mass is 10.0. The van der Waals surface area contributed by atoms with Crippen LogP contribution in [0.5, 0.6) is 0 Å². The smallest absolute Gasteiger partial charge is 0.241 e. The summed E-state index contributed by atoms with van der Waals surface area (Å²) in [5.41, 5.74) is 6.86. The number of rotatable bonds is 5. The predicted octanol–water partition coefficient (Wildman–Crippen LogP) is 4.38. The molecular weight excluding hydrogens is 296 g/mol. The number of hydrogen-bond acceptors (Lipinski definition) is 2. The summed E-state index contributed by atoms with van der Waals surface area (Å²) in [7, 11) is 1.99. The minimum atomic E-state index is -0.204. The lowest BCUT2D eigenvalue weighted by molar-refractivity contribution is -0.120. The molecular formula is C21H28N2O. The highest BCUT2D eigenvalue weighted by Gasteiger charge is 2.20. The van der Waals surface area contributed by atoms with Crippen molar-refractivity contribution in [2.24, 2.45) is 0 Å². The van der Waals surface area contributed by atoms with Crippen molar-refractivity contribution in [3.05, 3.63) is 64.2 Å². The van der Waals surface area contributed by atoms with Crippen molar-refractivity contribution >= 4 is 11.6 Å². The maximum absolute atomic E-state index is 12.7. The molecule has 2 aromatic rings. The van der Waals surface area contributed by atoms with E-state index >= 15 is 0 Å². The van der Waals surface area contributed by atoms with E-state index in [1.165, 1.54) is 16.7 Å². The van der Waals surface area contributed by atoms with Gasteiger partial charge in [-0.3, -0.25) is 9.69 Å². The van der Waals surface area contributed by atoms with Crippen LogP contribution in [0.2, 0.25) is 0 Å². The molecule has 0 aromatic heterocycles. The Kier molecular flexibility index (Phi) is 5.79. The van der Waals surface area contributed by atoms with Crippen molar-refractivity contribution in [3.8, 4) is 0 Å². The molecule has 1 N–H and O–H groups in total. The van der Waals surface area contributed by atoms with Gasteiger partial charge < -0.3 is 5.32 Å². The second kappa shape index (κ2) is 7.63. The number of hydrogen-bond donors (Lipinski definition) is 1. The molecule has 2 aromatic carbocycles. The lowest BCUT2D eigenvalue weighted by Gasteiger charge is -2.25. The molecule has 0 saturated heterocycles. The molecule has 1 atom stereocenters. The zero-order chi connectivity index (χ0) is 17.9. The van der Waals surface area contributed by atoms with Crippen LogP contribution >= 0.6 is 0 Å². The first-order chi connectivity index (χ1) is 11.3. The zero-order valence-electron chi connectivity index (χ0n) is 15.6. The Hall–Kier alpha value is -2.13. The average Bonchev–Trinajstić information content (AvgIpc) is 2.52. The molecule has 0 saturated carbocycles. The summed E-state index contributed by atoms with van der Waals surface area (Å²) in [6.45, 7) is 11.0. The quantitative estimate of drug-likeness (QED) is 0.885. The third-order valence-corrected chi connectivity index (χ3v) is 4.65. The summed E-state index contributed by atoms with van der Waals surface area (Å²) in [4.78, 5) is 14.7. The van der Waals surface area contributed by atoms with E-state index in [0.717, 1.165) is 23.4 Å². The van der Waals surface area contributed by atoms with E-state index in [-0.39, 0.29) is 11.9 Å². The van der Waals surface area contributed by atoms with Crippen LogP contribution in [0.1, 0.15) is 34.7 Å². The summed E-state index contributed by atoms with van der Waals surface area (Å²) >= 11 is 0. The van der Waals surface area contributed by atoms with Crippen molar-refractivity contribution in [3.63, 3.8) is 0 Å². The fourth-order valence-corrected chi connectivity index (χ4v) is 3.00. The Morgan fingerprint density at radius 1 is 1.04 bits per heavy atom. The molecule has 2 rings (SSSR count). The topological polar surface area (TPSA) is 32.3 Å². The largest absolute Gasteiger partial charge is 0.324 e. The molecule has 0 bridgehead atoms. The number of nitrogens with zero attached hydrogens (tertiary/aromatic N) is 1. The second-order valence-electron chi connectivity index (χ2n) is 6.78. The van der Waals surface area contributed by atoms with Crippen LogP contribution in [-0.4, -0.2) is 23.9 Å². The van der Waals surface area contributed by atoms with Crippen LogP contribution in [0.25, 0.3) is 0 Å². The number of aryl methyl sites for hydroxylation is 4. The molecule has 0 aliphatic rings. The predicted molar refractivity (Wildman–Crippen MR) is 101 cm³/mol. The second-order valence-corrected chi connectivity index (χ2v) is 6.78. The Morgan fingerprint density at radius 3 is 2.21 bits per heavy atom. The number of carbonyl (C=O) groups is 1. The van der Waals surface area contributed by atoms with Gasteiger partial charge in [0.05, 0.1) is 6.04 Å². The number of nitrogens with one attached hydrogen (secondary N) is 1. The maximum atomic E-state index is 12.7. The van der Waals surface area contributed by atoms with Crippen molar-refractivity contribution in [1.29, 1.82) is 0 Å². The van der Waals surface area contributed by atoms with Gasteiger partial charge in [-0.15, -0.1) is 0 Å². The van der Waals surface area contributed by atoms with Crippen LogP contribution in [0.15, 0.2) is 36.4 Å². The van der Waals surface area contributed by atoms with Gasteiger partial charge in [-0.2, -0.15) is 0 Å². The van der Waals surface area contributed by atoms with Gasteiger partial charge in [0.25, 0.3) is 0 Å². The normalized spacial score (nSPS) is 12.3. The monoisotopic (exact) mass is 324 g/mol. The summed E-state index contributed by atoms with van der Waals surface area (Å²) < 4.78 is 0. The minimum Gasteiger partial charge on any atom is -0.324 e. The van der Waals surface area contributed by atoms with E-state index in [0.29, 0.717) is 0 Å². The van der Waals surface area contributed by atoms with Crippen LogP contribution in [0, 0.1) is 27.7 Å². The van der Waals surface area contributed by atoms with Gasteiger partial charge in [-0.1, -0.05) is 42.0 Å². The van der Waals surface area contributed by atoms with Gasteiger partial charge in [0.1, 0.15) is 0 Å². The number of carbonyl (C=O) groups excluding carboxylic acids is 1. The van der Waals surface area contributed by atoms with Crippen LogP contribution < -0.4 is 5.32 Å². The minimum absolute atomic E-state index is 0.0288. The van der Waals surface area contributed by atoms with Crippen molar-refractivity contribution < 1.29 is 4.79 Å². The Balaban J connectivity index is 2.08. The maximum Gasteiger partial charge on any atom is 0.241 e. The summed E-state index contributed by atoms with van der Waals surface area (Å²) in [5.74, 6) is 0.0288. The number of amides is 1. The van der Waals surface area contributed by atoms with E-state index < -0.39 is 0 Å². The summed E-state index contributed by atoms with van der Waals surface area (Å²) in [6.07, 6.45) is 0. The summed E-state index contributed by atoms with van der Waals surface area (Å²) in [6, 6.07) is 12.3. The van der Waals surface area contributed by atoms with Crippen molar-refractivity contribution in [1.82, 2.24) is 4.90 Å². The number of likely N-dealkylation sites (N-methyl/N-ethyl adjacent to an activating group) is 1. The van der Waals surface area contributed by atoms with E-state index in [9.17, 15) is 4.79 Å². The van der Waals surface area contributed by atoms with Gasteiger partial charge in [0.15, 0.2) is 0 Å². The lowest BCUT2D eigenvalue weighted by Crippen LogP contribution is -2.39. The third-order valence-electron chi connectivity index (χ3n) is 4.65. The third kappa shape index (κ3) is 4.24. The highest BCUT2D eigenvalue weighted by molar-refractivity contribution is 5.95. The molecule has 0 fully saturated rings. The SMILES string of the molecule is Cc1cc(C)c(NC(=O)C(C)N(C)Cc2ccccc2C)c(C)c1. The summed E-state index contributed by atoms with van der Waals surface area (Å²) in [5, 5.41) is 3.11. The molecule has 128 valence electrons. The highest BCUT2D eigenvalue weighted by atomic mass is 16.2. The van der Waals surface area contributed by atoms with Crippen LogP contribution in [0.4, 0.5) is 5.69 Å². The van der Waals surface area contributed by atoms with Crippen LogP contribution in [0.3, 0.4) is 0 Å². The van der Waals surface area contributed by atoms with Gasteiger partial charge in [-0.25, -0.2) is 0 Å². The van der Waals surface area contributed by atoms with Gasteiger partial charge in [-0.05, 0) is 63.9 Å². The highest BCUT2D eigenvalue weighted by Crippen LogP contribution is 2.22. The Labute approximate surface area is 145 Å². The van der Waals surface area contributed by atoms with Gasteiger partial charge in [0, 0.05) is 12.2 Å². The van der Waals surface area contributed by atoms with Crippen LogP contribution in [-0.2, 0) is 11.3 Å². The Morgan fingerprint density at radius 2 is 1.62 bits per heavy atom. The zero-order valence-corrected chi connectivity index (χ0v) is 15.6. The van der Waals surface area contributed by atoms with E-state index in [1.54, 1.807) is 0 Å². The molecule has 1 unspecified atom stereocenters. The van der Waals surface area contributed by atoms with Crippen molar-refractivity contribution in [2.45, 2.75) is 47.2 Å². The first-order valence-corrected chi connectivity index (χ1v) is 8.43. The first kappa shape index (κ1) is 18.2. The molecule has 3 heteroatoms. The van der Waals surface area contributed by atoms with Crippen molar-refractivity contribution in [2.75, 3.05) is 12.4 Å². The molecule has 0 radical (unpaired) electrons. The van der Waals surface area contributed by atoms with E-state index in [4.69, 9.17) is 0 Å². The number of anilines is 1. The molecule has 24 heavy (non-hydrogen) atoms. The molecule has 1 amide bonds. The first-order valence-electron chi connectivity index (χ1n) is 8.43. The van der Waals surface area contributed by atoms with E-state index in [1.807, 2.05) is 40.0 Å².